The van der Waals surface area contributed by atoms with Crippen molar-refractivity contribution in [1.29, 1.82) is 0 Å². The summed E-state index contributed by atoms with van der Waals surface area (Å²) in [4.78, 5) is 30.1. The quantitative estimate of drug-likeness (QED) is 0.686. The second-order valence-electron chi connectivity index (χ2n) is 8.40. The number of carbonyl (C=O) groups is 2. The molecular weight excluding hydrogens is 410 g/mol. The van der Waals surface area contributed by atoms with Crippen LogP contribution in [-0.4, -0.2) is 48.6 Å². The van der Waals surface area contributed by atoms with E-state index in [1.807, 2.05) is 0 Å². The zero-order valence-corrected chi connectivity index (χ0v) is 18.8. The molecule has 0 aromatic heterocycles. The molecule has 0 amide bonds. The maximum atomic E-state index is 13.5. The molecule has 32 heavy (non-hydrogen) atoms. The van der Waals surface area contributed by atoms with Gasteiger partial charge < -0.3 is 19.3 Å². The number of phenols is 1. The lowest BCUT2D eigenvalue weighted by Crippen LogP contribution is -2.45. The lowest BCUT2D eigenvalue weighted by Gasteiger charge is -2.35. The van der Waals surface area contributed by atoms with Crippen molar-refractivity contribution in [2.75, 3.05) is 14.2 Å². The highest BCUT2D eigenvalue weighted by molar-refractivity contribution is 5.94. The van der Waals surface area contributed by atoms with Crippen LogP contribution in [0.5, 0.6) is 11.5 Å². The molecule has 7 nitrogen and oxygen atoms in total. The van der Waals surface area contributed by atoms with E-state index in [1.165, 1.54) is 20.4 Å². The predicted molar refractivity (Wildman–Crippen MR) is 120 cm³/mol. The van der Waals surface area contributed by atoms with Crippen molar-refractivity contribution in [2.45, 2.75) is 37.8 Å². The molecule has 0 saturated carbocycles. The number of allylic oxidation sites excluding steroid dienone is 1. The normalized spacial score (nSPS) is 18.3. The third-order valence-corrected chi connectivity index (χ3v) is 5.10. The number of rotatable bonds is 6. The van der Waals surface area contributed by atoms with Gasteiger partial charge in [-0.05, 0) is 51.1 Å². The Labute approximate surface area is 187 Å². The van der Waals surface area contributed by atoms with Gasteiger partial charge in [0.15, 0.2) is 5.54 Å². The van der Waals surface area contributed by atoms with E-state index in [1.54, 1.807) is 75.4 Å². The first-order valence-corrected chi connectivity index (χ1v) is 10.1. The molecule has 0 radical (unpaired) electrons. The molecule has 1 aliphatic heterocycles. The van der Waals surface area contributed by atoms with Gasteiger partial charge in [-0.25, -0.2) is 9.59 Å². The number of para-hydroxylation sites is 1. The number of nitrogens with zero attached hydrogens (tertiary/aromatic N) is 1. The van der Waals surface area contributed by atoms with Crippen molar-refractivity contribution < 1.29 is 28.9 Å². The number of phenolic OH excluding ortho intramolecular Hbond substituents is 1. The van der Waals surface area contributed by atoms with Crippen LogP contribution < -0.4 is 4.74 Å². The molecule has 0 saturated heterocycles. The number of hydrogen-bond acceptors (Lipinski definition) is 7. The predicted octanol–water partition coefficient (Wildman–Crippen LogP) is 4.04. The molecule has 2 atom stereocenters. The van der Waals surface area contributed by atoms with Gasteiger partial charge in [0.25, 0.3) is 0 Å². The van der Waals surface area contributed by atoms with Crippen molar-refractivity contribution in [2.24, 2.45) is 4.99 Å². The summed E-state index contributed by atoms with van der Waals surface area (Å²) in [5.74, 6) is -1.54. The third kappa shape index (κ3) is 4.37. The molecule has 2 unspecified atom stereocenters. The van der Waals surface area contributed by atoms with E-state index in [9.17, 15) is 14.7 Å². The fourth-order valence-corrected chi connectivity index (χ4v) is 3.74. The molecule has 2 aromatic carbocycles. The molecule has 2 aromatic rings. The number of hydrogen-bond donors (Lipinski definition) is 1. The molecule has 1 N–H and O–H groups in total. The summed E-state index contributed by atoms with van der Waals surface area (Å²) in [5, 5.41) is 10.7. The first kappa shape index (κ1) is 23.1. The van der Waals surface area contributed by atoms with Crippen LogP contribution in [0.1, 0.15) is 48.2 Å². The van der Waals surface area contributed by atoms with Crippen LogP contribution in [0, 0.1) is 0 Å². The highest BCUT2D eigenvalue weighted by Gasteiger charge is 2.50. The third-order valence-electron chi connectivity index (χ3n) is 5.10. The molecule has 3 rings (SSSR count). The number of methoxy groups -OCH3 is 2. The van der Waals surface area contributed by atoms with Crippen LogP contribution in [0.4, 0.5) is 0 Å². The Balaban J connectivity index is 2.28. The van der Waals surface area contributed by atoms with Gasteiger partial charge in [-0.2, -0.15) is 0 Å². The van der Waals surface area contributed by atoms with Gasteiger partial charge in [0.1, 0.15) is 17.1 Å². The lowest BCUT2D eigenvalue weighted by molar-refractivity contribution is -0.159. The Hall–Kier alpha value is -3.61. The Morgan fingerprint density at radius 1 is 1.06 bits per heavy atom. The molecule has 168 valence electrons. The highest BCUT2D eigenvalue weighted by atomic mass is 16.6. The average molecular weight is 437 g/mol. The van der Waals surface area contributed by atoms with E-state index in [4.69, 9.17) is 14.2 Å². The minimum Gasteiger partial charge on any atom is -0.508 e. The van der Waals surface area contributed by atoms with Gasteiger partial charge in [0.05, 0.1) is 25.7 Å². The van der Waals surface area contributed by atoms with Crippen LogP contribution in [0.2, 0.25) is 0 Å². The molecule has 1 heterocycles. The summed E-state index contributed by atoms with van der Waals surface area (Å²) >= 11 is 0. The van der Waals surface area contributed by atoms with Crippen LogP contribution >= 0.6 is 0 Å². The van der Waals surface area contributed by atoms with Gasteiger partial charge in [0, 0.05) is 17.3 Å². The van der Waals surface area contributed by atoms with Crippen molar-refractivity contribution in [3.63, 3.8) is 0 Å². The number of ether oxygens (including phenoxy) is 3. The second-order valence-corrected chi connectivity index (χ2v) is 8.40. The largest absolute Gasteiger partial charge is 0.508 e. The zero-order valence-electron chi connectivity index (χ0n) is 18.8. The van der Waals surface area contributed by atoms with Gasteiger partial charge in [-0.3, -0.25) is 4.99 Å². The maximum Gasteiger partial charge on any atom is 0.339 e. The van der Waals surface area contributed by atoms with Crippen LogP contribution in [0.3, 0.4) is 0 Å². The van der Waals surface area contributed by atoms with E-state index in [2.05, 4.69) is 4.99 Å². The number of benzene rings is 2. The number of carbonyl (C=O) groups excluding carboxylic acids is 2. The Morgan fingerprint density at radius 3 is 2.34 bits per heavy atom. The Kier molecular flexibility index (Phi) is 6.39. The molecule has 1 aliphatic rings. The SMILES string of the molecule is COC(=O)c1ccc(C(c2ccccc2O)C2(C(=O)OC(C)(C)C)C=CC=N2)c(OC)c1. The standard InChI is InChI=1S/C25H27NO6/c1-24(2,3)32-23(29)25(13-8-14-26-25)21(17-9-6-7-10-19(17)27)18-12-11-16(22(28)31-5)15-20(18)30-4/h6-15,21,27H,1-5H3. The number of aromatic hydroxyl groups is 1. The first-order valence-electron chi connectivity index (χ1n) is 10.1. The Bertz CT molecular complexity index is 1070. The van der Waals surface area contributed by atoms with Crippen LogP contribution in [-0.2, 0) is 14.3 Å². The molecule has 0 bridgehead atoms. The van der Waals surface area contributed by atoms with Crippen LogP contribution in [0.25, 0.3) is 0 Å². The van der Waals surface area contributed by atoms with E-state index in [-0.39, 0.29) is 5.75 Å². The lowest BCUT2D eigenvalue weighted by atomic mass is 9.74. The van der Waals surface area contributed by atoms with Gasteiger partial charge >= 0.3 is 11.9 Å². The van der Waals surface area contributed by atoms with E-state index in [0.29, 0.717) is 22.4 Å². The summed E-state index contributed by atoms with van der Waals surface area (Å²) in [6.07, 6.45) is 4.87. The van der Waals surface area contributed by atoms with Crippen molar-refractivity contribution in [3.8, 4) is 11.5 Å². The smallest absolute Gasteiger partial charge is 0.339 e. The second kappa shape index (κ2) is 8.86. The van der Waals surface area contributed by atoms with Gasteiger partial charge in [-0.1, -0.05) is 24.3 Å². The molecular formula is C25H27NO6. The van der Waals surface area contributed by atoms with E-state index in [0.717, 1.165) is 0 Å². The number of aliphatic imine (C=N–C) groups is 1. The first-order chi connectivity index (χ1) is 15.1. The fraction of sp³-hybridized carbons (Fsp3) is 0.320. The maximum absolute atomic E-state index is 13.5. The van der Waals surface area contributed by atoms with Crippen molar-refractivity contribution >= 4 is 18.2 Å². The van der Waals surface area contributed by atoms with Crippen molar-refractivity contribution in [3.05, 3.63) is 71.3 Å². The van der Waals surface area contributed by atoms with Gasteiger partial charge in [0.2, 0.25) is 0 Å². The molecule has 0 spiro atoms. The average Bonchev–Trinajstić information content (AvgIpc) is 3.24. The monoisotopic (exact) mass is 437 g/mol. The summed E-state index contributed by atoms with van der Waals surface area (Å²) in [6.45, 7) is 5.34. The molecule has 0 fully saturated rings. The summed E-state index contributed by atoms with van der Waals surface area (Å²) in [5.41, 5.74) is -0.923. The minimum absolute atomic E-state index is 0.00460. The zero-order chi connectivity index (χ0) is 23.5. The van der Waals surface area contributed by atoms with E-state index < -0.39 is 29.0 Å². The summed E-state index contributed by atoms with van der Waals surface area (Å²) < 4.78 is 16.1. The van der Waals surface area contributed by atoms with Crippen molar-refractivity contribution in [1.82, 2.24) is 0 Å². The Morgan fingerprint density at radius 2 is 1.78 bits per heavy atom. The number of esters is 2. The topological polar surface area (TPSA) is 94.4 Å². The molecule has 0 aliphatic carbocycles. The fourth-order valence-electron chi connectivity index (χ4n) is 3.74. The molecule has 7 heteroatoms. The van der Waals surface area contributed by atoms with Gasteiger partial charge in [-0.15, -0.1) is 0 Å². The van der Waals surface area contributed by atoms with E-state index >= 15 is 0 Å². The summed E-state index contributed by atoms with van der Waals surface area (Å²) in [6, 6.07) is 11.5. The minimum atomic E-state index is -1.48. The van der Waals surface area contributed by atoms with Crippen LogP contribution in [0.15, 0.2) is 59.6 Å². The summed E-state index contributed by atoms with van der Waals surface area (Å²) in [7, 11) is 2.76. The highest BCUT2D eigenvalue weighted by Crippen LogP contribution is 2.47.